The van der Waals surface area contributed by atoms with Crippen LogP contribution in [-0.4, -0.2) is 37.4 Å². The monoisotopic (exact) mass is 469 g/mol. The fourth-order valence-electron chi connectivity index (χ4n) is 3.37. The molecule has 0 aliphatic carbocycles. The van der Waals surface area contributed by atoms with Crippen molar-refractivity contribution in [2.45, 2.75) is 28.9 Å². The summed E-state index contributed by atoms with van der Waals surface area (Å²) in [5.74, 6) is 0.431. The van der Waals surface area contributed by atoms with E-state index in [0.717, 1.165) is 16.7 Å². The molecule has 1 aliphatic heterocycles. The molecule has 1 aliphatic rings. The summed E-state index contributed by atoms with van der Waals surface area (Å²) >= 11 is 0. The Labute approximate surface area is 190 Å². The molecule has 32 heavy (non-hydrogen) atoms. The van der Waals surface area contributed by atoms with Crippen LogP contribution in [0.3, 0.4) is 0 Å². The summed E-state index contributed by atoms with van der Waals surface area (Å²) in [6.45, 7) is 1.72. The number of aryl methyl sites for hydroxylation is 1. The van der Waals surface area contributed by atoms with E-state index in [0.29, 0.717) is 10.8 Å². The Morgan fingerprint density at radius 2 is 1.62 bits per heavy atom. The van der Waals surface area contributed by atoms with Crippen molar-refractivity contribution in [2.24, 2.45) is 4.99 Å². The average molecular weight is 470 g/mol. The van der Waals surface area contributed by atoms with Gasteiger partial charge in [-0.1, -0.05) is 48.0 Å². The Kier molecular flexibility index (Phi) is 6.55. The Morgan fingerprint density at radius 3 is 2.25 bits per heavy atom. The summed E-state index contributed by atoms with van der Waals surface area (Å²) < 4.78 is 48.6. The van der Waals surface area contributed by atoms with E-state index in [4.69, 9.17) is 8.92 Å². The summed E-state index contributed by atoms with van der Waals surface area (Å²) in [6, 6.07) is 22.6. The summed E-state index contributed by atoms with van der Waals surface area (Å²) in [7, 11) is -5.03. The van der Waals surface area contributed by atoms with Gasteiger partial charge < -0.3 is 4.74 Å². The van der Waals surface area contributed by atoms with E-state index >= 15 is 0 Å². The SMILES string of the molecule is Cc1ccc(S(=O)(=O)OC[C@@H]2N=C(c3ccccc3)O[C@H]2c2ccc(S(C)=O)cc2)cc1. The Morgan fingerprint density at radius 1 is 0.969 bits per heavy atom. The first kappa shape index (κ1) is 22.4. The minimum Gasteiger partial charge on any atom is -0.467 e. The number of nitrogens with zero attached hydrogens (tertiary/aromatic N) is 1. The molecule has 3 aromatic carbocycles. The molecule has 0 radical (unpaired) electrons. The Bertz CT molecular complexity index is 1240. The van der Waals surface area contributed by atoms with Gasteiger partial charge in [-0.25, -0.2) is 4.99 Å². The molecule has 166 valence electrons. The number of ether oxygens (including phenoxy) is 1. The van der Waals surface area contributed by atoms with Gasteiger partial charge in [0.25, 0.3) is 10.1 Å². The molecule has 8 heteroatoms. The number of benzene rings is 3. The molecule has 1 unspecified atom stereocenters. The third-order valence-electron chi connectivity index (χ3n) is 5.14. The van der Waals surface area contributed by atoms with Crippen molar-refractivity contribution in [3.8, 4) is 0 Å². The Balaban J connectivity index is 1.59. The fraction of sp³-hybridized carbons (Fsp3) is 0.208. The zero-order valence-electron chi connectivity index (χ0n) is 17.7. The zero-order chi connectivity index (χ0) is 22.7. The number of rotatable bonds is 7. The second-order valence-electron chi connectivity index (χ2n) is 7.48. The van der Waals surface area contributed by atoms with Crippen LogP contribution in [0.5, 0.6) is 0 Å². The quantitative estimate of drug-likeness (QED) is 0.488. The molecule has 0 amide bonds. The lowest BCUT2D eigenvalue weighted by Gasteiger charge is -2.18. The minimum absolute atomic E-state index is 0.0978. The Hall–Kier alpha value is -2.81. The molecule has 0 saturated heterocycles. The second-order valence-corrected chi connectivity index (χ2v) is 10.5. The summed E-state index contributed by atoms with van der Waals surface area (Å²) in [4.78, 5) is 5.43. The highest BCUT2D eigenvalue weighted by Gasteiger charge is 2.34. The van der Waals surface area contributed by atoms with Crippen LogP contribution in [0.15, 0.2) is 93.6 Å². The molecule has 0 N–H and O–H groups in total. The maximum atomic E-state index is 12.7. The summed E-state index contributed by atoms with van der Waals surface area (Å²) in [6.07, 6.45) is 1.09. The molecular formula is C24H23NO5S2. The maximum absolute atomic E-state index is 12.7. The number of hydrogen-bond acceptors (Lipinski definition) is 6. The van der Waals surface area contributed by atoms with Crippen molar-refractivity contribution in [2.75, 3.05) is 12.9 Å². The average Bonchev–Trinajstić information content (AvgIpc) is 3.23. The first-order valence-electron chi connectivity index (χ1n) is 10.0. The van der Waals surface area contributed by atoms with Crippen LogP contribution in [0.25, 0.3) is 0 Å². The summed E-state index contributed by atoms with van der Waals surface area (Å²) in [5.41, 5.74) is 2.56. The van der Waals surface area contributed by atoms with E-state index in [1.807, 2.05) is 49.4 Å². The van der Waals surface area contributed by atoms with Crippen LogP contribution in [0, 0.1) is 6.92 Å². The molecular weight excluding hydrogens is 446 g/mol. The molecule has 0 spiro atoms. The third-order valence-corrected chi connectivity index (χ3v) is 7.37. The van der Waals surface area contributed by atoms with Crippen molar-refractivity contribution in [3.63, 3.8) is 0 Å². The molecule has 0 fully saturated rings. The van der Waals surface area contributed by atoms with Crippen LogP contribution in [0.1, 0.15) is 22.8 Å². The van der Waals surface area contributed by atoms with Gasteiger partial charge in [0.05, 0.1) is 11.5 Å². The second kappa shape index (κ2) is 9.36. The first-order chi connectivity index (χ1) is 15.3. The first-order valence-corrected chi connectivity index (χ1v) is 13.0. The largest absolute Gasteiger partial charge is 0.467 e. The standard InChI is InChI=1S/C24H23NO5S2/c1-17-8-14-21(15-9-17)32(27,28)29-16-22-23(18-10-12-20(13-11-18)31(2)26)30-24(25-22)19-6-4-3-5-7-19/h3-15,22-23H,16H2,1-2H3/t22-,23-,31?/m0/s1. The van der Waals surface area contributed by atoms with Gasteiger partial charge in [0.2, 0.25) is 5.90 Å². The van der Waals surface area contributed by atoms with E-state index < -0.39 is 33.1 Å². The predicted octanol–water partition coefficient (Wildman–Crippen LogP) is 4.02. The number of aliphatic imine (C=N–C) groups is 1. The molecule has 3 atom stereocenters. The van der Waals surface area contributed by atoms with Crippen molar-refractivity contribution >= 4 is 26.8 Å². The van der Waals surface area contributed by atoms with Gasteiger partial charge in [-0.15, -0.1) is 0 Å². The van der Waals surface area contributed by atoms with E-state index in [1.165, 1.54) is 12.1 Å². The van der Waals surface area contributed by atoms with E-state index in [-0.39, 0.29) is 11.5 Å². The molecule has 1 heterocycles. The van der Waals surface area contributed by atoms with Crippen molar-refractivity contribution in [1.29, 1.82) is 0 Å². The minimum atomic E-state index is -3.94. The molecule has 3 aromatic rings. The van der Waals surface area contributed by atoms with Gasteiger partial charge in [0.15, 0.2) is 6.10 Å². The summed E-state index contributed by atoms with van der Waals surface area (Å²) in [5, 5.41) is 0. The van der Waals surface area contributed by atoms with E-state index in [2.05, 4.69) is 4.99 Å². The third kappa shape index (κ3) is 4.98. The van der Waals surface area contributed by atoms with Gasteiger partial charge in [-0.3, -0.25) is 8.39 Å². The maximum Gasteiger partial charge on any atom is 0.297 e. The van der Waals surface area contributed by atoms with Gasteiger partial charge in [0.1, 0.15) is 6.04 Å². The topological polar surface area (TPSA) is 82.0 Å². The van der Waals surface area contributed by atoms with Crippen molar-refractivity contribution in [3.05, 3.63) is 95.6 Å². The van der Waals surface area contributed by atoms with E-state index in [1.54, 1.807) is 30.5 Å². The number of hydrogen-bond donors (Lipinski definition) is 0. The lowest BCUT2D eigenvalue weighted by atomic mass is 10.0. The molecule has 0 saturated carbocycles. The normalized spacial score (nSPS) is 19.2. The van der Waals surface area contributed by atoms with Crippen LogP contribution in [-0.2, 0) is 29.8 Å². The highest BCUT2D eigenvalue weighted by Crippen LogP contribution is 2.32. The van der Waals surface area contributed by atoms with Crippen LogP contribution >= 0.6 is 0 Å². The van der Waals surface area contributed by atoms with Gasteiger partial charge in [-0.2, -0.15) is 8.42 Å². The van der Waals surface area contributed by atoms with Crippen LogP contribution in [0.2, 0.25) is 0 Å². The highest BCUT2D eigenvalue weighted by molar-refractivity contribution is 7.86. The smallest absolute Gasteiger partial charge is 0.297 e. The van der Waals surface area contributed by atoms with Crippen molar-refractivity contribution < 1.29 is 21.5 Å². The zero-order valence-corrected chi connectivity index (χ0v) is 19.3. The van der Waals surface area contributed by atoms with Gasteiger partial charge in [-0.05, 0) is 48.9 Å². The van der Waals surface area contributed by atoms with Gasteiger partial charge >= 0.3 is 0 Å². The molecule has 4 rings (SSSR count). The van der Waals surface area contributed by atoms with Gasteiger partial charge in [0, 0.05) is 27.5 Å². The molecule has 0 aromatic heterocycles. The highest BCUT2D eigenvalue weighted by atomic mass is 32.2. The lowest BCUT2D eigenvalue weighted by molar-refractivity contribution is 0.162. The molecule has 6 nitrogen and oxygen atoms in total. The van der Waals surface area contributed by atoms with Crippen molar-refractivity contribution in [1.82, 2.24) is 0 Å². The molecule has 0 bridgehead atoms. The van der Waals surface area contributed by atoms with Crippen LogP contribution in [0.4, 0.5) is 0 Å². The van der Waals surface area contributed by atoms with Crippen LogP contribution < -0.4 is 0 Å². The fourth-order valence-corrected chi connectivity index (χ4v) is 4.81. The predicted molar refractivity (Wildman–Crippen MR) is 124 cm³/mol. The lowest BCUT2D eigenvalue weighted by Crippen LogP contribution is -2.22. The van der Waals surface area contributed by atoms with E-state index in [9.17, 15) is 12.6 Å².